The van der Waals surface area contributed by atoms with Crippen LogP contribution in [0.15, 0.2) is 103 Å². The van der Waals surface area contributed by atoms with Gasteiger partial charge in [-0.25, -0.2) is 0 Å². The highest BCUT2D eigenvalue weighted by atomic mass is 16.2. The van der Waals surface area contributed by atoms with Gasteiger partial charge < -0.3 is 16.4 Å². The van der Waals surface area contributed by atoms with E-state index in [0.29, 0.717) is 6.42 Å². The first-order valence-corrected chi connectivity index (χ1v) is 17.0. The van der Waals surface area contributed by atoms with Crippen LogP contribution in [0.5, 0.6) is 0 Å². The molecular formula is C41H45N3O6. The van der Waals surface area contributed by atoms with Crippen molar-refractivity contribution < 1.29 is 28.8 Å². The normalized spacial score (nSPS) is 13.4. The molecule has 0 bridgehead atoms. The molecule has 3 amide bonds. The number of rotatable bonds is 19. The van der Waals surface area contributed by atoms with E-state index in [0.717, 1.165) is 27.5 Å². The van der Waals surface area contributed by atoms with Gasteiger partial charge in [0.25, 0.3) is 5.91 Å². The van der Waals surface area contributed by atoms with E-state index in [9.17, 15) is 28.8 Å². The Morgan fingerprint density at radius 3 is 1.88 bits per heavy atom. The van der Waals surface area contributed by atoms with Crippen LogP contribution in [-0.2, 0) is 48.0 Å². The van der Waals surface area contributed by atoms with Crippen LogP contribution >= 0.6 is 0 Å². The molecule has 0 aromatic heterocycles. The van der Waals surface area contributed by atoms with Crippen molar-refractivity contribution in [2.24, 2.45) is 23.5 Å². The van der Waals surface area contributed by atoms with Gasteiger partial charge in [0.1, 0.15) is 5.78 Å². The van der Waals surface area contributed by atoms with Crippen molar-refractivity contribution in [3.63, 3.8) is 0 Å². The zero-order valence-electron chi connectivity index (χ0n) is 28.6. The summed E-state index contributed by atoms with van der Waals surface area (Å²) in [4.78, 5) is 78.4. The Labute approximate surface area is 293 Å². The molecule has 0 aliphatic carbocycles. The van der Waals surface area contributed by atoms with Crippen molar-refractivity contribution in [2.45, 2.75) is 58.4 Å². The number of Topliss-reactive ketones (excluding diaryl/α,β-unsaturated/α-hetero) is 3. The molecule has 0 fully saturated rings. The van der Waals surface area contributed by atoms with Gasteiger partial charge in [0, 0.05) is 31.1 Å². The Morgan fingerprint density at radius 2 is 1.24 bits per heavy atom. The first-order valence-electron chi connectivity index (χ1n) is 17.0. The van der Waals surface area contributed by atoms with E-state index in [-0.39, 0.29) is 37.9 Å². The fraction of sp³-hybridized carbons (Fsp3) is 0.317. The van der Waals surface area contributed by atoms with E-state index in [1.165, 1.54) is 0 Å². The van der Waals surface area contributed by atoms with Crippen LogP contribution in [-0.4, -0.2) is 47.7 Å². The Hall–Kier alpha value is -5.44. The molecule has 0 aliphatic rings. The molecule has 4 unspecified atom stereocenters. The second kappa shape index (κ2) is 18.4. The summed E-state index contributed by atoms with van der Waals surface area (Å²) in [5.41, 5.74) is 8.18. The molecular weight excluding hydrogens is 630 g/mol. The van der Waals surface area contributed by atoms with Crippen molar-refractivity contribution in [3.05, 3.63) is 120 Å². The standard InChI is InChI=1S/C41H45N3O6/c1-3-27(2)37(44-40(49)34(20-28-12-6-4-7-13-28)25-35(45)23-29-14-8-5-9-15-29)38(47)41(50)43-26-36(46)24-33(39(42)48)22-30-18-19-31-16-10-11-17-32(31)21-30/h4-19,21,27,33-34,37H,3,20,22-26H2,1-2H3,(H2,42,48)(H,43,50)(H,44,49). The minimum Gasteiger partial charge on any atom is -0.369 e. The third kappa shape index (κ3) is 11.1. The van der Waals surface area contributed by atoms with Gasteiger partial charge in [-0.15, -0.1) is 0 Å². The predicted octanol–water partition coefficient (Wildman–Crippen LogP) is 4.72. The average molecular weight is 676 g/mol. The highest BCUT2D eigenvalue weighted by molar-refractivity contribution is 6.38. The zero-order valence-corrected chi connectivity index (χ0v) is 28.6. The molecule has 4 rings (SSSR count). The third-order valence-corrected chi connectivity index (χ3v) is 9.05. The number of fused-ring (bicyclic) bond motifs is 1. The van der Waals surface area contributed by atoms with Gasteiger partial charge in [-0.2, -0.15) is 0 Å². The molecule has 4 aromatic carbocycles. The molecule has 260 valence electrons. The van der Waals surface area contributed by atoms with Crippen LogP contribution in [0, 0.1) is 17.8 Å². The van der Waals surface area contributed by atoms with E-state index >= 15 is 0 Å². The number of amides is 3. The minimum atomic E-state index is -1.17. The van der Waals surface area contributed by atoms with Gasteiger partial charge in [-0.1, -0.05) is 123 Å². The van der Waals surface area contributed by atoms with E-state index in [1.807, 2.05) is 110 Å². The fourth-order valence-electron chi connectivity index (χ4n) is 5.98. The van der Waals surface area contributed by atoms with Gasteiger partial charge in [0.15, 0.2) is 5.78 Å². The van der Waals surface area contributed by atoms with Crippen molar-refractivity contribution in [3.8, 4) is 0 Å². The van der Waals surface area contributed by atoms with Crippen LogP contribution in [0.3, 0.4) is 0 Å². The second-order valence-corrected chi connectivity index (χ2v) is 12.9. The summed E-state index contributed by atoms with van der Waals surface area (Å²) in [6.07, 6.45) is 0.920. The maximum atomic E-state index is 13.7. The Balaban J connectivity index is 1.38. The quantitative estimate of drug-likeness (QED) is 0.122. The lowest BCUT2D eigenvalue weighted by Gasteiger charge is -2.25. The highest BCUT2D eigenvalue weighted by Gasteiger charge is 2.34. The first kappa shape index (κ1) is 37.4. The van der Waals surface area contributed by atoms with E-state index in [4.69, 9.17) is 5.73 Å². The van der Waals surface area contributed by atoms with Gasteiger partial charge in [-0.3, -0.25) is 28.8 Å². The molecule has 4 aromatic rings. The Kier molecular flexibility index (Phi) is 13.7. The second-order valence-electron chi connectivity index (χ2n) is 12.9. The van der Waals surface area contributed by atoms with Gasteiger partial charge in [0.2, 0.25) is 17.6 Å². The minimum absolute atomic E-state index is 0.0437. The molecule has 4 atom stereocenters. The Bertz CT molecular complexity index is 1810. The molecule has 9 nitrogen and oxygen atoms in total. The van der Waals surface area contributed by atoms with Crippen molar-refractivity contribution in [2.75, 3.05) is 6.54 Å². The SMILES string of the molecule is CCC(C)C(NC(=O)C(CC(=O)Cc1ccccc1)Cc1ccccc1)C(=O)C(=O)NCC(=O)CC(Cc1ccc2ccccc2c1)C(N)=O. The summed E-state index contributed by atoms with van der Waals surface area (Å²) in [6.45, 7) is 3.11. The van der Waals surface area contributed by atoms with Crippen LogP contribution in [0.25, 0.3) is 10.8 Å². The summed E-state index contributed by atoms with van der Waals surface area (Å²) in [5.74, 6) is -5.61. The number of benzene rings is 4. The van der Waals surface area contributed by atoms with Gasteiger partial charge in [0.05, 0.1) is 12.6 Å². The molecule has 0 saturated heterocycles. The lowest BCUT2D eigenvalue weighted by molar-refractivity contribution is -0.142. The number of hydrogen-bond acceptors (Lipinski definition) is 6. The third-order valence-electron chi connectivity index (χ3n) is 9.05. The summed E-state index contributed by atoms with van der Waals surface area (Å²) in [6, 6.07) is 30.9. The van der Waals surface area contributed by atoms with Crippen LogP contribution in [0.1, 0.15) is 49.8 Å². The molecule has 4 N–H and O–H groups in total. The average Bonchev–Trinajstić information content (AvgIpc) is 3.12. The maximum absolute atomic E-state index is 13.7. The smallest absolute Gasteiger partial charge is 0.289 e. The number of carbonyl (C=O) groups excluding carboxylic acids is 6. The number of ketones is 3. The van der Waals surface area contributed by atoms with Crippen molar-refractivity contribution in [1.82, 2.24) is 10.6 Å². The van der Waals surface area contributed by atoms with E-state index in [2.05, 4.69) is 10.6 Å². The molecule has 0 spiro atoms. The van der Waals surface area contributed by atoms with Crippen molar-refractivity contribution in [1.29, 1.82) is 0 Å². The first-order chi connectivity index (χ1) is 24.0. The van der Waals surface area contributed by atoms with E-state index in [1.54, 1.807) is 6.92 Å². The zero-order chi connectivity index (χ0) is 36.0. The molecule has 0 aliphatic heterocycles. The van der Waals surface area contributed by atoms with Crippen LogP contribution < -0.4 is 16.4 Å². The maximum Gasteiger partial charge on any atom is 0.289 e. The number of nitrogens with one attached hydrogen (secondary N) is 2. The summed E-state index contributed by atoms with van der Waals surface area (Å²) >= 11 is 0. The molecule has 0 radical (unpaired) electrons. The number of nitrogens with two attached hydrogens (primary N) is 1. The number of carbonyl (C=O) groups is 6. The number of primary amides is 1. The number of hydrogen-bond donors (Lipinski definition) is 3. The largest absolute Gasteiger partial charge is 0.369 e. The van der Waals surface area contributed by atoms with Gasteiger partial charge >= 0.3 is 0 Å². The summed E-state index contributed by atoms with van der Waals surface area (Å²) in [5, 5.41) is 7.19. The topological polar surface area (TPSA) is 152 Å². The summed E-state index contributed by atoms with van der Waals surface area (Å²) < 4.78 is 0. The molecule has 0 heterocycles. The summed E-state index contributed by atoms with van der Waals surface area (Å²) in [7, 11) is 0. The molecule has 0 saturated carbocycles. The fourth-order valence-corrected chi connectivity index (χ4v) is 5.98. The van der Waals surface area contributed by atoms with Crippen LogP contribution in [0.2, 0.25) is 0 Å². The predicted molar refractivity (Wildman–Crippen MR) is 193 cm³/mol. The molecule has 50 heavy (non-hydrogen) atoms. The molecule has 9 heteroatoms. The van der Waals surface area contributed by atoms with E-state index < -0.39 is 59.6 Å². The van der Waals surface area contributed by atoms with Crippen LogP contribution in [0.4, 0.5) is 0 Å². The lowest BCUT2D eigenvalue weighted by Crippen LogP contribution is -2.52. The monoisotopic (exact) mass is 675 g/mol. The lowest BCUT2D eigenvalue weighted by atomic mass is 9.89. The Morgan fingerprint density at radius 1 is 0.660 bits per heavy atom. The highest BCUT2D eigenvalue weighted by Crippen LogP contribution is 2.20. The van der Waals surface area contributed by atoms with Gasteiger partial charge in [-0.05, 0) is 46.2 Å². The van der Waals surface area contributed by atoms with Crippen molar-refractivity contribution >= 4 is 45.8 Å².